The molecule has 0 aromatic heterocycles. The average molecular weight is 444 g/mol. The lowest BCUT2D eigenvalue weighted by Crippen LogP contribution is -2.27. The second-order valence-electron chi connectivity index (χ2n) is 8.05. The van der Waals surface area contributed by atoms with Crippen LogP contribution in [0.3, 0.4) is 0 Å². The summed E-state index contributed by atoms with van der Waals surface area (Å²) >= 11 is 6.18. The molecular weight excluding hydrogens is 418 g/mol. The number of amides is 1. The summed E-state index contributed by atoms with van der Waals surface area (Å²) in [7, 11) is 0. The van der Waals surface area contributed by atoms with Gasteiger partial charge in [0.15, 0.2) is 6.79 Å². The van der Waals surface area contributed by atoms with Gasteiger partial charge in [-0.3, -0.25) is 9.59 Å². The molecule has 2 aromatic rings. The third-order valence-corrected chi connectivity index (χ3v) is 6.17. The number of carbonyl (C=O) groups is 2. The van der Waals surface area contributed by atoms with E-state index in [0.717, 1.165) is 23.2 Å². The van der Waals surface area contributed by atoms with E-state index in [-0.39, 0.29) is 25.7 Å². The fourth-order valence-electron chi connectivity index (χ4n) is 4.10. The van der Waals surface area contributed by atoms with Gasteiger partial charge in [0.05, 0.1) is 12.5 Å². The maximum atomic E-state index is 12.8. The first-order valence-corrected chi connectivity index (χ1v) is 10.9. The molecule has 0 N–H and O–H groups in total. The molecule has 0 aliphatic carbocycles. The highest BCUT2D eigenvalue weighted by atomic mass is 35.5. The van der Waals surface area contributed by atoms with Crippen LogP contribution in [0.1, 0.15) is 49.3 Å². The first kappa shape index (κ1) is 21.7. The third-order valence-electron chi connectivity index (χ3n) is 5.95. The summed E-state index contributed by atoms with van der Waals surface area (Å²) in [6, 6.07) is 11.4. The number of hydrogen-bond donors (Lipinski definition) is 0. The lowest BCUT2D eigenvalue weighted by atomic mass is 9.96. The Balaban J connectivity index is 1.45. The van der Waals surface area contributed by atoms with Gasteiger partial charge >= 0.3 is 5.97 Å². The van der Waals surface area contributed by atoms with Gasteiger partial charge in [-0.25, -0.2) is 0 Å². The Kier molecular flexibility index (Phi) is 6.49. The number of para-hydroxylation sites is 1. The van der Waals surface area contributed by atoms with Crippen molar-refractivity contribution in [1.82, 2.24) is 0 Å². The highest BCUT2D eigenvalue weighted by Crippen LogP contribution is 2.35. The Morgan fingerprint density at radius 3 is 2.94 bits per heavy atom. The highest BCUT2D eigenvalue weighted by Gasteiger charge is 2.37. The van der Waals surface area contributed by atoms with Crippen molar-refractivity contribution in [1.29, 1.82) is 0 Å². The number of nitrogens with zero attached hydrogens (tertiary/aromatic N) is 1. The summed E-state index contributed by atoms with van der Waals surface area (Å²) in [5, 5.41) is 0.530. The van der Waals surface area contributed by atoms with Crippen LogP contribution in [0, 0.1) is 5.92 Å². The van der Waals surface area contributed by atoms with Crippen LogP contribution in [0.5, 0.6) is 5.75 Å². The van der Waals surface area contributed by atoms with Gasteiger partial charge in [-0.15, -0.1) is 0 Å². The normalized spacial score (nSPS) is 19.0. The lowest BCUT2D eigenvalue weighted by molar-refractivity contribution is -0.149. The van der Waals surface area contributed by atoms with E-state index < -0.39 is 11.9 Å². The van der Waals surface area contributed by atoms with Gasteiger partial charge < -0.3 is 19.1 Å². The van der Waals surface area contributed by atoms with Crippen LogP contribution in [0.4, 0.5) is 5.69 Å². The van der Waals surface area contributed by atoms with Crippen LogP contribution >= 0.6 is 11.6 Å². The molecule has 2 heterocycles. The molecule has 1 amide bonds. The Hall–Kier alpha value is -2.57. The number of anilines is 1. The van der Waals surface area contributed by atoms with Gasteiger partial charge in [0.1, 0.15) is 12.4 Å². The molecule has 0 unspecified atom stereocenters. The molecule has 7 heteroatoms. The quantitative estimate of drug-likeness (QED) is 0.599. The van der Waals surface area contributed by atoms with Crippen molar-refractivity contribution in [3.8, 4) is 5.75 Å². The Morgan fingerprint density at radius 1 is 1.32 bits per heavy atom. The van der Waals surface area contributed by atoms with E-state index in [1.54, 1.807) is 17.0 Å². The smallest absolute Gasteiger partial charge is 0.311 e. The van der Waals surface area contributed by atoms with E-state index in [9.17, 15) is 9.59 Å². The lowest BCUT2D eigenvalue weighted by Gasteiger charge is -2.23. The van der Waals surface area contributed by atoms with Crippen molar-refractivity contribution in [2.24, 2.45) is 5.92 Å². The molecule has 2 aromatic carbocycles. The van der Waals surface area contributed by atoms with Crippen LogP contribution < -0.4 is 9.64 Å². The molecule has 0 bridgehead atoms. The number of esters is 1. The maximum absolute atomic E-state index is 12.8. The number of hydrogen-bond acceptors (Lipinski definition) is 5. The van der Waals surface area contributed by atoms with Gasteiger partial charge in [-0.1, -0.05) is 43.6 Å². The van der Waals surface area contributed by atoms with Gasteiger partial charge in [0.25, 0.3) is 0 Å². The molecule has 2 atom stereocenters. The van der Waals surface area contributed by atoms with E-state index >= 15 is 0 Å². The summed E-state index contributed by atoms with van der Waals surface area (Å²) in [6.45, 7) is 5.18. The van der Waals surface area contributed by atoms with Crippen LogP contribution in [-0.2, 0) is 32.3 Å². The van der Waals surface area contributed by atoms with Crippen molar-refractivity contribution in [3.63, 3.8) is 0 Å². The van der Waals surface area contributed by atoms with E-state index in [0.29, 0.717) is 35.4 Å². The van der Waals surface area contributed by atoms with Crippen molar-refractivity contribution in [2.75, 3.05) is 18.2 Å². The van der Waals surface area contributed by atoms with E-state index in [4.69, 9.17) is 25.8 Å². The van der Waals surface area contributed by atoms with E-state index in [1.165, 1.54) is 0 Å². The third kappa shape index (κ3) is 4.55. The summed E-state index contributed by atoms with van der Waals surface area (Å²) in [4.78, 5) is 27.2. The predicted molar refractivity (Wildman–Crippen MR) is 117 cm³/mol. The molecule has 1 fully saturated rings. The standard InChI is InChI=1S/C24H26ClNO5/c1-3-15(2)20-6-4-5-7-21(20)26-11-16(10-22(26)27)24(28)30-13-18-9-19(25)8-17-12-29-14-31-23(17)18/h4-9,15-16H,3,10-14H2,1-2H3/t15-,16+/m1/s1. The first-order chi connectivity index (χ1) is 15.0. The molecule has 0 spiro atoms. The largest absolute Gasteiger partial charge is 0.467 e. The zero-order valence-corrected chi connectivity index (χ0v) is 18.5. The zero-order chi connectivity index (χ0) is 22.0. The fourth-order valence-corrected chi connectivity index (χ4v) is 4.36. The Labute approximate surface area is 187 Å². The number of fused-ring (bicyclic) bond motifs is 1. The van der Waals surface area contributed by atoms with E-state index in [1.807, 2.05) is 18.2 Å². The molecule has 0 saturated carbocycles. The second kappa shape index (κ2) is 9.28. The van der Waals surface area contributed by atoms with E-state index in [2.05, 4.69) is 19.9 Å². The Bertz CT molecular complexity index is 992. The number of ether oxygens (including phenoxy) is 3. The highest BCUT2D eigenvalue weighted by molar-refractivity contribution is 6.30. The molecular formula is C24H26ClNO5. The molecule has 1 saturated heterocycles. The van der Waals surface area contributed by atoms with Gasteiger partial charge in [-0.2, -0.15) is 0 Å². The van der Waals surface area contributed by atoms with Crippen LogP contribution in [0.15, 0.2) is 36.4 Å². The average Bonchev–Trinajstić information content (AvgIpc) is 3.18. The molecule has 4 rings (SSSR count). The fraction of sp³-hybridized carbons (Fsp3) is 0.417. The number of benzene rings is 2. The number of halogens is 1. The molecule has 164 valence electrons. The molecule has 2 aliphatic heterocycles. The minimum absolute atomic E-state index is 0.0376. The Morgan fingerprint density at radius 2 is 2.13 bits per heavy atom. The number of rotatable bonds is 6. The predicted octanol–water partition coefficient (Wildman–Crippen LogP) is 4.82. The number of carbonyl (C=O) groups excluding carboxylic acids is 2. The van der Waals surface area contributed by atoms with Gasteiger partial charge in [-0.05, 0) is 36.1 Å². The minimum atomic E-state index is -0.503. The van der Waals surface area contributed by atoms with Crippen molar-refractivity contribution in [2.45, 2.75) is 45.8 Å². The summed E-state index contributed by atoms with van der Waals surface area (Å²) in [5.74, 6) is 0.0239. The molecule has 2 aliphatic rings. The summed E-state index contributed by atoms with van der Waals surface area (Å²) in [5.41, 5.74) is 3.53. The summed E-state index contributed by atoms with van der Waals surface area (Å²) in [6.07, 6.45) is 1.12. The second-order valence-corrected chi connectivity index (χ2v) is 8.48. The van der Waals surface area contributed by atoms with Crippen molar-refractivity contribution >= 4 is 29.2 Å². The molecule has 0 radical (unpaired) electrons. The van der Waals surface area contributed by atoms with Crippen molar-refractivity contribution < 1.29 is 23.8 Å². The SMILES string of the molecule is CC[C@@H](C)c1ccccc1N1C[C@@H](C(=O)OCc2cc(Cl)cc3c2OCOC3)CC1=O. The van der Waals surface area contributed by atoms with Gasteiger partial charge in [0.2, 0.25) is 5.91 Å². The van der Waals surface area contributed by atoms with Gasteiger partial charge in [0, 0.05) is 34.8 Å². The summed E-state index contributed by atoms with van der Waals surface area (Å²) < 4.78 is 16.4. The zero-order valence-electron chi connectivity index (χ0n) is 17.7. The monoisotopic (exact) mass is 443 g/mol. The minimum Gasteiger partial charge on any atom is -0.467 e. The van der Waals surface area contributed by atoms with Crippen LogP contribution in [-0.4, -0.2) is 25.2 Å². The topological polar surface area (TPSA) is 65.1 Å². The van der Waals surface area contributed by atoms with Crippen molar-refractivity contribution in [3.05, 3.63) is 58.1 Å². The first-order valence-electron chi connectivity index (χ1n) is 10.6. The maximum Gasteiger partial charge on any atom is 0.311 e. The molecule has 31 heavy (non-hydrogen) atoms. The molecule has 6 nitrogen and oxygen atoms in total. The van der Waals surface area contributed by atoms with Crippen LogP contribution in [0.25, 0.3) is 0 Å². The van der Waals surface area contributed by atoms with Crippen LogP contribution in [0.2, 0.25) is 5.02 Å².